The molecule has 0 aliphatic rings. The van der Waals surface area contributed by atoms with Crippen molar-refractivity contribution >= 4 is 5.69 Å². The van der Waals surface area contributed by atoms with Crippen molar-refractivity contribution in [1.29, 1.82) is 0 Å². The fraction of sp³-hybridized carbons (Fsp3) is 0.231. The van der Waals surface area contributed by atoms with Crippen LogP contribution in [-0.4, -0.2) is 17.1 Å². The Labute approximate surface area is 100 Å². The lowest BCUT2D eigenvalue weighted by atomic mass is 10.1. The number of methoxy groups -OCH3 is 1. The van der Waals surface area contributed by atoms with Gasteiger partial charge in [0.1, 0.15) is 11.6 Å². The first-order valence-electron chi connectivity index (χ1n) is 5.37. The van der Waals surface area contributed by atoms with Gasteiger partial charge >= 0.3 is 0 Å². The predicted octanol–water partition coefficient (Wildman–Crippen LogP) is 2.35. The van der Waals surface area contributed by atoms with Gasteiger partial charge in [0, 0.05) is 5.56 Å². The number of nitrogens with two attached hydrogens (primary N) is 1. The molecule has 0 bridgehead atoms. The van der Waals surface area contributed by atoms with Crippen LogP contribution in [0.25, 0.3) is 11.3 Å². The van der Waals surface area contributed by atoms with Gasteiger partial charge in [-0.15, -0.1) is 0 Å². The highest BCUT2D eigenvalue weighted by Gasteiger charge is 2.09. The molecular formula is C13H15N3O. The standard InChI is InChI=1S/C13H15N3O/c1-8-12(14)13(16-9(2)15-8)10-5-4-6-11(7-10)17-3/h4-7H,14H2,1-3H3. The van der Waals surface area contributed by atoms with Crippen LogP contribution in [0.4, 0.5) is 5.69 Å². The third-order valence-electron chi connectivity index (χ3n) is 2.59. The van der Waals surface area contributed by atoms with Crippen LogP contribution < -0.4 is 10.5 Å². The van der Waals surface area contributed by atoms with Gasteiger partial charge in [0.25, 0.3) is 0 Å². The molecule has 2 N–H and O–H groups in total. The molecule has 0 unspecified atom stereocenters. The highest BCUT2D eigenvalue weighted by Crippen LogP contribution is 2.28. The van der Waals surface area contributed by atoms with Gasteiger partial charge < -0.3 is 10.5 Å². The number of ether oxygens (including phenoxy) is 1. The van der Waals surface area contributed by atoms with Gasteiger partial charge in [0.05, 0.1) is 24.2 Å². The summed E-state index contributed by atoms with van der Waals surface area (Å²) < 4.78 is 5.19. The fourth-order valence-corrected chi connectivity index (χ4v) is 1.71. The second kappa shape index (κ2) is 4.41. The SMILES string of the molecule is COc1cccc(-c2nc(C)nc(C)c2N)c1. The monoisotopic (exact) mass is 229 g/mol. The van der Waals surface area contributed by atoms with Crippen LogP contribution >= 0.6 is 0 Å². The molecule has 0 amide bonds. The third kappa shape index (κ3) is 2.20. The van der Waals surface area contributed by atoms with Crippen molar-refractivity contribution in [2.24, 2.45) is 0 Å². The number of nitrogen functional groups attached to an aromatic ring is 1. The Morgan fingerprint density at radius 1 is 1.18 bits per heavy atom. The average Bonchev–Trinajstić information content (AvgIpc) is 2.34. The van der Waals surface area contributed by atoms with E-state index in [9.17, 15) is 0 Å². The summed E-state index contributed by atoms with van der Waals surface area (Å²) in [5.41, 5.74) is 9.12. The minimum atomic E-state index is 0.615. The molecule has 1 heterocycles. The van der Waals surface area contributed by atoms with Crippen LogP contribution in [0, 0.1) is 13.8 Å². The summed E-state index contributed by atoms with van der Waals surface area (Å²) in [4.78, 5) is 8.62. The average molecular weight is 229 g/mol. The first-order chi connectivity index (χ1) is 8.11. The highest BCUT2D eigenvalue weighted by molar-refractivity contribution is 5.74. The van der Waals surface area contributed by atoms with E-state index in [1.807, 2.05) is 38.1 Å². The van der Waals surface area contributed by atoms with E-state index in [1.165, 1.54) is 0 Å². The maximum Gasteiger partial charge on any atom is 0.126 e. The van der Waals surface area contributed by atoms with E-state index in [0.29, 0.717) is 5.69 Å². The lowest BCUT2D eigenvalue weighted by Crippen LogP contribution is -2.02. The van der Waals surface area contributed by atoms with Gasteiger partial charge in [-0.05, 0) is 26.0 Å². The van der Waals surface area contributed by atoms with E-state index in [2.05, 4.69) is 9.97 Å². The molecule has 4 heteroatoms. The molecule has 0 saturated heterocycles. The largest absolute Gasteiger partial charge is 0.497 e. The van der Waals surface area contributed by atoms with Crippen molar-refractivity contribution in [3.8, 4) is 17.0 Å². The van der Waals surface area contributed by atoms with Gasteiger partial charge in [0.15, 0.2) is 0 Å². The second-order valence-electron chi connectivity index (χ2n) is 3.85. The third-order valence-corrected chi connectivity index (χ3v) is 2.59. The van der Waals surface area contributed by atoms with E-state index in [1.54, 1.807) is 7.11 Å². The van der Waals surface area contributed by atoms with Crippen LogP contribution in [0.3, 0.4) is 0 Å². The van der Waals surface area contributed by atoms with Gasteiger partial charge in [0.2, 0.25) is 0 Å². The van der Waals surface area contributed by atoms with Crippen LogP contribution in [0.5, 0.6) is 5.75 Å². The Kier molecular flexibility index (Phi) is 2.95. The fourth-order valence-electron chi connectivity index (χ4n) is 1.71. The zero-order valence-corrected chi connectivity index (χ0v) is 10.2. The summed E-state index contributed by atoms with van der Waals surface area (Å²) >= 11 is 0. The number of rotatable bonds is 2. The Bertz CT molecular complexity index is 552. The predicted molar refractivity (Wildman–Crippen MR) is 67.9 cm³/mol. The summed E-state index contributed by atoms with van der Waals surface area (Å²) in [5, 5.41) is 0. The number of hydrogen-bond donors (Lipinski definition) is 1. The number of nitrogens with zero attached hydrogens (tertiary/aromatic N) is 2. The lowest BCUT2D eigenvalue weighted by Gasteiger charge is -2.09. The number of aromatic nitrogens is 2. The first-order valence-corrected chi connectivity index (χ1v) is 5.37. The molecule has 0 spiro atoms. The molecule has 4 nitrogen and oxygen atoms in total. The molecule has 0 atom stereocenters. The van der Waals surface area contributed by atoms with Crippen molar-refractivity contribution in [2.45, 2.75) is 13.8 Å². The van der Waals surface area contributed by atoms with E-state index in [-0.39, 0.29) is 0 Å². The smallest absolute Gasteiger partial charge is 0.126 e. The highest BCUT2D eigenvalue weighted by atomic mass is 16.5. The van der Waals surface area contributed by atoms with Crippen molar-refractivity contribution in [2.75, 3.05) is 12.8 Å². The maximum atomic E-state index is 6.01. The molecule has 1 aromatic heterocycles. The van der Waals surface area contributed by atoms with Crippen molar-refractivity contribution < 1.29 is 4.74 Å². The Morgan fingerprint density at radius 2 is 1.94 bits per heavy atom. The molecule has 0 aliphatic heterocycles. The van der Waals surface area contributed by atoms with Gasteiger partial charge in [-0.1, -0.05) is 12.1 Å². The summed E-state index contributed by atoms with van der Waals surface area (Å²) in [6.07, 6.45) is 0. The molecule has 17 heavy (non-hydrogen) atoms. The molecular weight excluding hydrogens is 214 g/mol. The Morgan fingerprint density at radius 3 is 2.65 bits per heavy atom. The van der Waals surface area contributed by atoms with Crippen LogP contribution in [0.2, 0.25) is 0 Å². The normalized spacial score (nSPS) is 10.3. The summed E-state index contributed by atoms with van der Waals surface area (Å²) in [6.45, 7) is 3.74. The molecule has 0 saturated carbocycles. The van der Waals surface area contributed by atoms with Crippen molar-refractivity contribution in [1.82, 2.24) is 9.97 Å². The molecule has 2 rings (SSSR count). The summed E-state index contributed by atoms with van der Waals surface area (Å²) in [5.74, 6) is 1.50. The van der Waals surface area contributed by atoms with Crippen LogP contribution in [-0.2, 0) is 0 Å². The maximum absolute atomic E-state index is 6.01. The first kappa shape index (κ1) is 11.4. The molecule has 2 aromatic rings. The van der Waals surface area contributed by atoms with E-state index in [4.69, 9.17) is 10.5 Å². The van der Waals surface area contributed by atoms with Gasteiger partial charge in [-0.2, -0.15) is 0 Å². The van der Waals surface area contributed by atoms with Crippen molar-refractivity contribution in [3.63, 3.8) is 0 Å². The van der Waals surface area contributed by atoms with E-state index in [0.717, 1.165) is 28.5 Å². The number of hydrogen-bond acceptors (Lipinski definition) is 4. The van der Waals surface area contributed by atoms with Gasteiger partial charge in [-0.25, -0.2) is 9.97 Å². The zero-order valence-electron chi connectivity index (χ0n) is 10.2. The quantitative estimate of drug-likeness (QED) is 0.858. The van der Waals surface area contributed by atoms with E-state index >= 15 is 0 Å². The Hall–Kier alpha value is -2.10. The van der Waals surface area contributed by atoms with E-state index < -0.39 is 0 Å². The van der Waals surface area contributed by atoms with Gasteiger partial charge in [-0.3, -0.25) is 0 Å². The topological polar surface area (TPSA) is 61.0 Å². The minimum Gasteiger partial charge on any atom is -0.497 e. The molecule has 1 aromatic carbocycles. The second-order valence-corrected chi connectivity index (χ2v) is 3.85. The number of benzene rings is 1. The minimum absolute atomic E-state index is 0.615. The lowest BCUT2D eigenvalue weighted by molar-refractivity contribution is 0.415. The molecule has 0 aliphatic carbocycles. The molecule has 0 fully saturated rings. The summed E-state index contributed by atoms with van der Waals surface area (Å²) in [7, 11) is 1.64. The van der Waals surface area contributed by atoms with Crippen LogP contribution in [0.1, 0.15) is 11.5 Å². The number of anilines is 1. The van der Waals surface area contributed by atoms with Crippen LogP contribution in [0.15, 0.2) is 24.3 Å². The molecule has 0 radical (unpaired) electrons. The zero-order chi connectivity index (χ0) is 12.4. The Balaban J connectivity index is 2.59. The van der Waals surface area contributed by atoms with Crippen molar-refractivity contribution in [3.05, 3.63) is 35.8 Å². The molecule has 88 valence electrons. The number of aryl methyl sites for hydroxylation is 2. The summed E-state index contributed by atoms with van der Waals surface area (Å²) in [6, 6.07) is 7.68.